The van der Waals surface area contributed by atoms with Gasteiger partial charge >= 0.3 is 11.7 Å². The van der Waals surface area contributed by atoms with Gasteiger partial charge in [0.2, 0.25) is 0 Å². The number of carboxylic acids is 1. The lowest BCUT2D eigenvalue weighted by Crippen LogP contribution is -2.19. The molecule has 0 spiro atoms. The molecule has 0 amide bonds. The maximum Gasteiger partial charge on any atom is 0.343 e. The summed E-state index contributed by atoms with van der Waals surface area (Å²) in [5.74, 6) is -0.308. The second-order valence-corrected chi connectivity index (χ2v) is 5.10. The van der Waals surface area contributed by atoms with Gasteiger partial charge in [-0.1, -0.05) is 30.0 Å². The van der Waals surface area contributed by atoms with Crippen LogP contribution in [0.25, 0.3) is 0 Å². The van der Waals surface area contributed by atoms with E-state index in [2.05, 4.69) is 10.2 Å². The van der Waals surface area contributed by atoms with Crippen LogP contribution in [0.15, 0.2) is 40.3 Å². The summed E-state index contributed by atoms with van der Waals surface area (Å²) in [6, 6.07) is 9.40. The molecule has 0 bridgehead atoms. The number of nitrogens with one attached hydrogen (secondary N) is 1. The van der Waals surface area contributed by atoms with E-state index in [1.165, 1.54) is 4.57 Å². The molecule has 0 fully saturated rings. The number of carbonyl (C=O) groups is 1. The normalized spacial score (nSPS) is 10.5. The van der Waals surface area contributed by atoms with E-state index in [0.29, 0.717) is 24.7 Å². The Morgan fingerprint density at radius 2 is 2.14 bits per heavy atom. The Bertz CT molecular complexity index is 638. The Balaban J connectivity index is 1.84. The number of thioether (sulfide) groups is 1. The fourth-order valence-corrected chi connectivity index (χ4v) is 2.36. The Morgan fingerprint density at radius 1 is 1.38 bits per heavy atom. The summed E-state index contributed by atoms with van der Waals surface area (Å²) in [7, 11) is 0. The van der Waals surface area contributed by atoms with Crippen LogP contribution in [0.2, 0.25) is 0 Å². The average molecular weight is 309 g/mol. The molecule has 0 saturated heterocycles. The third kappa shape index (κ3) is 4.67. The smallest absolute Gasteiger partial charge is 0.343 e. The van der Waals surface area contributed by atoms with Gasteiger partial charge in [0.05, 0.1) is 12.4 Å². The van der Waals surface area contributed by atoms with Gasteiger partial charge < -0.3 is 9.84 Å². The number of aromatic amines is 1. The van der Waals surface area contributed by atoms with E-state index in [4.69, 9.17) is 9.84 Å². The molecule has 21 heavy (non-hydrogen) atoms. The van der Waals surface area contributed by atoms with Crippen molar-refractivity contribution in [2.75, 3.05) is 12.4 Å². The van der Waals surface area contributed by atoms with E-state index in [-0.39, 0.29) is 11.4 Å². The lowest BCUT2D eigenvalue weighted by Gasteiger charge is -2.07. The second kappa shape index (κ2) is 7.53. The molecular formula is C13H15N3O4S. The van der Waals surface area contributed by atoms with Crippen LogP contribution in [-0.2, 0) is 11.3 Å². The van der Waals surface area contributed by atoms with Crippen molar-refractivity contribution >= 4 is 17.7 Å². The molecule has 1 aromatic carbocycles. The number of para-hydroxylation sites is 1. The van der Waals surface area contributed by atoms with Crippen LogP contribution in [0.3, 0.4) is 0 Å². The van der Waals surface area contributed by atoms with Gasteiger partial charge in [-0.2, -0.15) is 0 Å². The molecule has 7 nitrogen and oxygen atoms in total. The Labute approximate surface area is 124 Å². The molecule has 0 saturated carbocycles. The van der Waals surface area contributed by atoms with Crippen LogP contribution in [0.5, 0.6) is 5.75 Å². The highest BCUT2D eigenvalue weighted by Gasteiger charge is 2.10. The number of ether oxygens (including phenoxy) is 1. The van der Waals surface area contributed by atoms with Crippen LogP contribution in [-0.4, -0.2) is 38.2 Å². The van der Waals surface area contributed by atoms with Crippen LogP contribution in [0, 0.1) is 0 Å². The highest BCUT2D eigenvalue weighted by atomic mass is 32.2. The molecule has 8 heteroatoms. The van der Waals surface area contributed by atoms with Crippen molar-refractivity contribution in [3.8, 4) is 5.75 Å². The van der Waals surface area contributed by atoms with E-state index in [1.807, 2.05) is 30.3 Å². The minimum Gasteiger partial charge on any atom is -0.494 e. The highest BCUT2D eigenvalue weighted by Crippen LogP contribution is 2.13. The lowest BCUT2D eigenvalue weighted by molar-refractivity contribution is -0.133. The molecule has 0 radical (unpaired) electrons. The largest absolute Gasteiger partial charge is 0.494 e. The van der Waals surface area contributed by atoms with Crippen LogP contribution in [0.1, 0.15) is 6.42 Å². The van der Waals surface area contributed by atoms with Crippen molar-refractivity contribution in [2.24, 2.45) is 0 Å². The molecule has 112 valence electrons. The van der Waals surface area contributed by atoms with Gasteiger partial charge in [-0.15, -0.1) is 5.10 Å². The zero-order chi connectivity index (χ0) is 15.1. The molecule has 1 heterocycles. The van der Waals surface area contributed by atoms with Crippen molar-refractivity contribution in [2.45, 2.75) is 18.1 Å². The highest BCUT2D eigenvalue weighted by molar-refractivity contribution is 7.99. The number of aromatic nitrogens is 3. The average Bonchev–Trinajstić information content (AvgIpc) is 2.83. The fourth-order valence-electron chi connectivity index (χ4n) is 1.67. The number of benzene rings is 1. The molecule has 1 aromatic heterocycles. The number of carboxylic acid groups (broad SMARTS) is 1. The van der Waals surface area contributed by atoms with Gasteiger partial charge in [0, 0.05) is 6.54 Å². The van der Waals surface area contributed by atoms with Crippen molar-refractivity contribution in [1.29, 1.82) is 0 Å². The van der Waals surface area contributed by atoms with Gasteiger partial charge in [0.25, 0.3) is 0 Å². The summed E-state index contributed by atoms with van der Waals surface area (Å²) in [5, 5.41) is 15.2. The summed E-state index contributed by atoms with van der Waals surface area (Å²) in [5.41, 5.74) is -0.345. The standard InChI is InChI=1S/C13H15N3O4S/c17-11(18)9-21-13-15-14-12(19)16(13)7-4-8-20-10-5-2-1-3-6-10/h1-3,5-6H,4,7-9H2,(H,14,19)(H,17,18). The van der Waals surface area contributed by atoms with Gasteiger partial charge in [-0.25, -0.2) is 9.89 Å². The van der Waals surface area contributed by atoms with E-state index in [9.17, 15) is 9.59 Å². The lowest BCUT2D eigenvalue weighted by atomic mass is 10.3. The van der Waals surface area contributed by atoms with Crippen molar-refractivity contribution in [3.63, 3.8) is 0 Å². The summed E-state index contributed by atoms with van der Waals surface area (Å²) in [6.45, 7) is 0.884. The first-order valence-electron chi connectivity index (χ1n) is 6.34. The van der Waals surface area contributed by atoms with E-state index >= 15 is 0 Å². The Hall–Kier alpha value is -2.22. The third-order valence-corrected chi connectivity index (χ3v) is 3.55. The van der Waals surface area contributed by atoms with Crippen LogP contribution in [0.4, 0.5) is 0 Å². The minimum atomic E-state index is -0.950. The Kier molecular flexibility index (Phi) is 5.44. The number of aliphatic carboxylic acids is 1. The number of hydrogen-bond acceptors (Lipinski definition) is 5. The zero-order valence-corrected chi connectivity index (χ0v) is 12.0. The zero-order valence-electron chi connectivity index (χ0n) is 11.2. The molecule has 2 N–H and O–H groups in total. The van der Waals surface area contributed by atoms with E-state index < -0.39 is 5.97 Å². The second-order valence-electron chi connectivity index (χ2n) is 4.16. The maximum atomic E-state index is 11.6. The van der Waals surface area contributed by atoms with Crippen molar-refractivity contribution in [1.82, 2.24) is 14.8 Å². The molecule has 2 aromatic rings. The molecule has 0 unspecified atom stereocenters. The fraction of sp³-hybridized carbons (Fsp3) is 0.308. The van der Waals surface area contributed by atoms with E-state index in [1.54, 1.807) is 0 Å². The molecule has 0 atom stereocenters. The molecule has 2 rings (SSSR count). The number of H-pyrrole nitrogens is 1. The van der Waals surface area contributed by atoms with Crippen molar-refractivity contribution < 1.29 is 14.6 Å². The van der Waals surface area contributed by atoms with Crippen LogP contribution >= 0.6 is 11.8 Å². The number of hydrogen-bond donors (Lipinski definition) is 2. The quantitative estimate of drug-likeness (QED) is 0.562. The third-order valence-electron chi connectivity index (χ3n) is 2.59. The topological polar surface area (TPSA) is 97.2 Å². The summed E-state index contributed by atoms with van der Waals surface area (Å²) in [4.78, 5) is 22.1. The predicted molar refractivity (Wildman–Crippen MR) is 77.8 cm³/mol. The SMILES string of the molecule is O=C(O)CSc1n[nH]c(=O)n1CCCOc1ccccc1. The summed E-state index contributed by atoms with van der Waals surface area (Å²) in [6.07, 6.45) is 0.620. The van der Waals surface area contributed by atoms with Gasteiger partial charge in [0.15, 0.2) is 5.16 Å². The summed E-state index contributed by atoms with van der Waals surface area (Å²) < 4.78 is 6.95. The first kappa shape index (κ1) is 15.2. The van der Waals surface area contributed by atoms with Gasteiger partial charge in [-0.3, -0.25) is 9.36 Å². The van der Waals surface area contributed by atoms with Gasteiger partial charge in [-0.05, 0) is 18.6 Å². The van der Waals surface area contributed by atoms with Crippen LogP contribution < -0.4 is 10.4 Å². The summed E-state index contributed by atoms with van der Waals surface area (Å²) >= 11 is 1.01. The first-order chi connectivity index (χ1) is 10.2. The van der Waals surface area contributed by atoms with Gasteiger partial charge in [0.1, 0.15) is 5.75 Å². The predicted octanol–water partition coefficient (Wildman–Crippen LogP) is 1.22. The number of rotatable bonds is 8. The van der Waals surface area contributed by atoms with Crippen molar-refractivity contribution in [3.05, 3.63) is 40.8 Å². The Morgan fingerprint density at radius 3 is 2.86 bits per heavy atom. The maximum absolute atomic E-state index is 11.6. The molecular weight excluding hydrogens is 294 g/mol. The first-order valence-corrected chi connectivity index (χ1v) is 7.33. The molecule has 0 aliphatic carbocycles. The minimum absolute atomic E-state index is 0.134. The van der Waals surface area contributed by atoms with E-state index in [0.717, 1.165) is 17.5 Å². The monoisotopic (exact) mass is 309 g/mol. The number of nitrogens with zero attached hydrogens (tertiary/aromatic N) is 2. The molecule has 0 aliphatic heterocycles. The molecule has 0 aliphatic rings.